The van der Waals surface area contributed by atoms with E-state index in [1.54, 1.807) is 6.07 Å². The maximum atomic E-state index is 13.4. The summed E-state index contributed by atoms with van der Waals surface area (Å²) in [7, 11) is 1.52. The molecule has 0 aromatic heterocycles. The van der Waals surface area contributed by atoms with Gasteiger partial charge in [0.05, 0.1) is 12.7 Å². The number of rotatable bonds is 6. The first kappa shape index (κ1) is 19.5. The number of hydrogen-bond acceptors (Lipinski definition) is 4. The lowest BCUT2D eigenvalue weighted by molar-refractivity contribution is -0.144. The van der Waals surface area contributed by atoms with Crippen LogP contribution in [0.15, 0.2) is 18.2 Å². The second-order valence-corrected chi connectivity index (χ2v) is 9.58. The van der Waals surface area contributed by atoms with E-state index in [2.05, 4.69) is 5.32 Å². The monoisotopic (exact) mass is 391 g/mol. The Morgan fingerprint density at radius 2 is 1.89 bits per heavy atom. The summed E-state index contributed by atoms with van der Waals surface area (Å²) < 4.78 is 24.4. The SMILES string of the molecule is COc1ccc(F)cc1O[C@H]1C[C@H](C(=O)NC2CC3(C2)CC(C(C)(C)O)C3)C1. The van der Waals surface area contributed by atoms with Crippen molar-refractivity contribution in [2.75, 3.05) is 7.11 Å². The highest BCUT2D eigenvalue weighted by Crippen LogP contribution is 2.61. The number of hydrogen-bond donors (Lipinski definition) is 2. The van der Waals surface area contributed by atoms with Crippen LogP contribution in [0.25, 0.3) is 0 Å². The second-order valence-electron chi connectivity index (χ2n) is 9.58. The van der Waals surface area contributed by atoms with Gasteiger partial charge in [0, 0.05) is 18.0 Å². The van der Waals surface area contributed by atoms with Crippen LogP contribution in [0.5, 0.6) is 11.5 Å². The van der Waals surface area contributed by atoms with E-state index in [4.69, 9.17) is 9.47 Å². The number of benzene rings is 1. The number of methoxy groups -OCH3 is 1. The van der Waals surface area contributed by atoms with Crippen LogP contribution in [0.1, 0.15) is 52.4 Å². The lowest BCUT2D eigenvalue weighted by Gasteiger charge is -2.60. The number of nitrogens with one attached hydrogen (secondary N) is 1. The quantitative estimate of drug-likeness (QED) is 0.780. The highest BCUT2D eigenvalue weighted by Gasteiger charge is 2.56. The van der Waals surface area contributed by atoms with Crippen molar-refractivity contribution in [2.24, 2.45) is 17.3 Å². The minimum Gasteiger partial charge on any atom is -0.493 e. The van der Waals surface area contributed by atoms with Gasteiger partial charge in [-0.3, -0.25) is 4.79 Å². The highest BCUT2D eigenvalue weighted by atomic mass is 19.1. The van der Waals surface area contributed by atoms with Crippen LogP contribution in [0.2, 0.25) is 0 Å². The third kappa shape index (κ3) is 3.71. The Hall–Kier alpha value is -1.82. The number of carbonyl (C=O) groups excluding carboxylic acids is 1. The molecule has 3 fully saturated rings. The van der Waals surface area contributed by atoms with Crippen molar-refractivity contribution in [3.05, 3.63) is 24.0 Å². The average molecular weight is 391 g/mol. The summed E-state index contributed by atoms with van der Waals surface area (Å²) in [5, 5.41) is 13.3. The zero-order valence-electron chi connectivity index (χ0n) is 16.8. The number of aliphatic hydroxyl groups is 1. The highest BCUT2D eigenvalue weighted by molar-refractivity contribution is 5.80. The largest absolute Gasteiger partial charge is 0.493 e. The standard InChI is InChI=1S/C22H30FNO4/c1-21(2,26)14-9-22(10-14)11-16(12-22)24-20(25)13-6-17(7-13)28-19-8-15(23)4-5-18(19)27-3/h4-5,8,13-14,16-17,26H,6-7,9-12H2,1-3H3,(H,24,25)/t13-,14?,16?,17-,22?. The van der Waals surface area contributed by atoms with Gasteiger partial charge in [0.25, 0.3) is 0 Å². The first-order valence-corrected chi connectivity index (χ1v) is 10.2. The molecule has 0 saturated heterocycles. The minimum atomic E-state index is -0.592. The van der Waals surface area contributed by atoms with Crippen molar-refractivity contribution in [2.45, 2.75) is 70.1 Å². The molecule has 0 radical (unpaired) electrons. The van der Waals surface area contributed by atoms with Crippen LogP contribution in [-0.2, 0) is 4.79 Å². The van der Waals surface area contributed by atoms with E-state index in [-0.39, 0.29) is 29.8 Å². The Labute approximate surface area is 165 Å². The Kier molecular flexibility index (Phi) is 4.81. The fourth-order valence-electron chi connectivity index (χ4n) is 5.02. The van der Waals surface area contributed by atoms with E-state index >= 15 is 0 Å². The van der Waals surface area contributed by atoms with Crippen molar-refractivity contribution in [1.82, 2.24) is 5.32 Å². The van der Waals surface area contributed by atoms with Crippen molar-refractivity contribution in [3.8, 4) is 11.5 Å². The molecule has 6 heteroatoms. The normalized spacial score (nSPS) is 34.0. The van der Waals surface area contributed by atoms with Gasteiger partial charge in [-0.2, -0.15) is 0 Å². The molecule has 0 unspecified atom stereocenters. The van der Waals surface area contributed by atoms with E-state index in [1.807, 2.05) is 13.8 Å². The number of carbonyl (C=O) groups is 1. The lowest BCUT2D eigenvalue weighted by Crippen LogP contribution is -2.60. The Morgan fingerprint density at radius 1 is 1.21 bits per heavy atom. The summed E-state index contributed by atoms with van der Waals surface area (Å²) >= 11 is 0. The summed E-state index contributed by atoms with van der Waals surface area (Å²) in [5.41, 5.74) is -0.243. The number of halogens is 1. The fourth-order valence-corrected chi connectivity index (χ4v) is 5.02. The molecular formula is C22H30FNO4. The molecule has 0 heterocycles. The van der Waals surface area contributed by atoms with Crippen LogP contribution < -0.4 is 14.8 Å². The van der Waals surface area contributed by atoms with Gasteiger partial charge in [-0.25, -0.2) is 4.39 Å². The molecule has 1 amide bonds. The summed E-state index contributed by atoms with van der Waals surface area (Å²) in [6.45, 7) is 3.77. The van der Waals surface area contributed by atoms with Gasteiger partial charge in [0.2, 0.25) is 5.91 Å². The first-order valence-electron chi connectivity index (χ1n) is 10.2. The van der Waals surface area contributed by atoms with Gasteiger partial charge in [-0.15, -0.1) is 0 Å². The maximum Gasteiger partial charge on any atom is 0.223 e. The average Bonchev–Trinajstić information content (AvgIpc) is 2.50. The van der Waals surface area contributed by atoms with Crippen molar-refractivity contribution >= 4 is 5.91 Å². The molecule has 3 saturated carbocycles. The molecule has 154 valence electrons. The van der Waals surface area contributed by atoms with Crippen LogP contribution in [0.4, 0.5) is 4.39 Å². The first-order chi connectivity index (χ1) is 13.2. The Bertz CT molecular complexity index is 739. The van der Waals surface area contributed by atoms with E-state index in [1.165, 1.54) is 19.2 Å². The van der Waals surface area contributed by atoms with Gasteiger partial charge < -0.3 is 19.9 Å². The van der Waals surface area contributed by atoms with Crippen LogP contribution in [-0.4, -0.2) is 35.9 Å². The van der Waals surface area contributed by atoms with Crippen molar-refractivity contribution < 1.29 is 23.8 Å². The molecule has 4 rings (SSSR count). The molecule has 3 aliphatic carbocycles. The fraction of sp³-hybridized carbons (Fsp3) is 0.682. The smallest absolute Gasteiger partial charge is 0.223 e. The van der Waals surface area contributed by atoms with Crippen LogP contribution >= 0.6 is 0 Å². The predicted octanol–water partition coefficient (Wildman–Crippen LogP) is 3.44. The maximum absolute atomic E-state index is 13.4. The molecule has 0 aliphatic heterocycles. The summed E-state index contributed by atoms with van der Waals surface area (Å²) in [6, 6.07) is 4.46. The van der Waals surface area contributed by atoms with E-state index in [0.29, 0.717) is 35.7 Å². The number of amides is 1. The molecule has 1 spiro atoms. The molecule has 1 aromatic rings. The summed E-state index contributed by atoms with van der Waals surface area (Å²) in [6.07, 6.45) is 5.39. The van der Waals surface area contributed by atoms with E-state index in [0.717, 1.165) is 25.7 Å². The molecule has 28 heavy (non-hydrogen) atoms. The third-order valence-electron chi connectivity index (χ3n) is 6.95. The lowest BCUT2D eigenvalue weighted by atomic mass is 9.47. The van der Waals surface area contributed by atoms with Gasteiger partial charge in [0.15, 0.2) is 11.5 Å². The van der Waals surface area contributed by atoms with Crippen molar-refractivity contribution in [1.29, 1.82) is 0 Å². The Balaban J connectivity index is 1.18. The minimum absolute atomic E-state index is 0.0355. The third-order valence-corrected chi connectivity index (χ3v) is 6.95. The summed E-state index contributed by atoms with van der Waals surface area (Å²) in [4.78, 5) is 12.5. The summed E-state index contributed by atoms with van der Waals surface area (Å²) in [5.74, 6) is 0.966. The topological polar surface area (TPSA) is 67.8 Å². The van der Waals surface area contributed by atoms with Gasteiger partial charge in [-0.05, 0) is 75.8 Å². The van der Waals surface area contributed by atoms with Gasteiger partial charge >= 0.3 is 0 Å². The molecule has 2 N–H and O–H groups in total. The van der Waals surface area contributed by atoms with Gasteiger partial charge in [0.1, 0.15) is 11.9 Å². The molecule has 5 nitrogen and oxygen atoms in total. The number of ether oxygens (including phenoxy) is 2. The van der Waals surface area contributed by atoms with Crippen molar-refractivity contribution in [3.63, 3.8) is 0 Å². The zero-order chi connectivity index (χ0) is 20.1. The van der Waals surface area contributed by atoms with Crippen LogP contribution in [0, 0.1) is 23.1 Å². The van der Waals surface area contributed by atoms with E-state index < -0.39 is 5.60 Å². The van der Waals surface area contributed by atoms with E-state index in [9.17, 15) is 14.3 Å². The molecule has 1 aromatic carbocycles. The zero-order valence-corrected chi connectivity index (χ0v) is 16.8. The Morgan fingerprint density at radius 3 is 2.50 bits per heavy atom. The van der Waals surface area contributed by atoms with Crippen LogP contribution in [0.3, 0.4) is 0 Å². The molecule has 0 atom stereocenters. The predicted molar refractivity (Wildman–Crippen MR) is 103 cm³/mol. The van der Waals surface area contributed by atoms with Gasteiger partial charge in [-0.1, -0.05) is 0 Å². The molecule has 0 bridgehead atoms. The second kappa shape index (κ2) is 6.90. The molecular weight excluding hydrogens is 361 g/mol. The molecule has 3 aliphatic rings.